The number of hydrogen-bond acceptors (Lipinski definition) is 2. The molecule has 0 aromatic heterocycles. The summed E-state index contributed by atoms with van der Waals surface area (Å²) in [6.07, 6.45) is 2.46. The third-order valence-electron chi connectivity index (χ3n) is 1.54. The molecular weight excluding hydrogens is 168 g/mol. The van der Waals surface area contributed by atoms with Gasteiger partial charge >= 0.3 is 18.3 Å². The lowest BCUT2D eigenvalue weighted by molar-refractivity contribution is -0.743. The van der Waals surface area contributed by atoms with Crippen LogP contribution in [0.3, 0.4) is 0 Å². The SMILES string of the molecule is O=C=[NH+]C([NH+]=C=O)c1ccccc1. The van der Waals surface area contributed by atoms with Gasteiger partial charge in [-0.1, -0.05) is 28.2 Å². The van der Waals surface area contributed by atoms with E-state index < -0.39 is 6.17 Å². The van der Waals surface area contributed by atoms with Gasteiger partial charge in [-0.3, -0.25) is 0 Å². The summed E-state index contributed by atoms with van der Waals surface area (Å²) in [5.74, 6) is 0. The second-order valence-corrected chi connectivity index (χ2v) is 2.34. The van der Waals surface area contributed by atoms with E-state index in [-0.39, 0.29) is 0 Å². The summed E-state index contributed by atoms with van der Waals surface area (Å²) in [6.45, 7) is 0. The van der Waals surface area contributed by atoms with Crippen LogP contribution in [-0.4, -0.2) is 12.2 Å². The molecule has 0 bridgehead atoms. The van der Waals surface area contributed by atoms with Crippen LogP contribution in [0.1, 0.15) is 11.7 Å². The van der Waals surface area contributed by atoms with Crippen molar-refractivity contribution in [2.24, 2.45) is 0 Å². The van der Waals surface area contributed by atoms with Crippen molar-refractivity contribution in [1.82, 2.24) is 0 Å². The molecule has 64 valence electrons. The minimum atomic E-state index is -0.559. The molecule has 4 heteroatoms. The number of rotatable bonds is 3. The molecule has 0 fully saturated rings. The largest absolute Gasteiger partial charge is 0.428 e. The van der Waals surface area contributed by atoms with Crippen LogP contribution in [0, 0.1) is 0 Å². The van der Waals surface area contributed by atoms with Gasteiger partial charge in [0, 0.05) is 0 Å². The Bertz CT molecular complexity index is 344. The van der Waals surface area contributed by atoms with Crippen molar-refractivity contribution in [3.63, 3.8) is 0 Å². The van der Waals surface area contributed by atoms with E-state index in [0.717, 1.165) is 5.56 Å². The van der Waals surface area contributed by atoms with Gasteiger partial charge in [0.2, 0.25) is 0 Å². The van der Waals surface area contributed by atoms with Crippen molar-refractivity contribution in [2.75, 3.05) is 0 Å². The number of hydrogen-bond donors (Lipinski definition) is 2. The highest BCUT2D eigenvalue weighted by Gasteiger charge is 2.17. The van der Waals surface area contributed by atoms with Crippen LogP contribution in [0.25, 0.3) is 0 Å². The van der Waals surface area contributed by atoms with E-state index >= 15 is 0 Å². The Labute approximate surface area is 74.6 Å². The summed E-state index contributed by atoms with van der Waals surface area (Å²) in [6, 6.07) is 9.01. The van der Waals surface area contributed by atoms with Crippen LogP contribution in [0.4, 0.5) is 0 Å². The molecule has 0 aliphatic carbocycles. The van der Waals surface area contributed by atoms with E-state index in [4.69, 9.17) is 0 Å². The Kier molecular flexibility index (Phi) is 3.33. The van der Waals surface area contributed by atoms with E-state index in [1.165, 1.54) is 12.2 Å². The normalized spacial score (nSPS) is 10.8. The van der Waals surface area contributed by atoms with Crippen molar-refractivity contribution >= 4 is 12.2 Å². The van der Waals surface area contributed by atoms with Crippen molar-refractivity contribution < 1.29 is 19.6 Å². The zero-order valence-corrected chi connectivity index (χ0v) is 6.78. The van der Waals surface area contributed by atoms with E-state index in [1.54, 1.807) is 24.3 Å². The summed E-state index contributed by atoms with van der Waals surface area (Å²) in [4.78, 5) is 24.8. The second kappa shape index (κ2) is 4.78. The first-order chi connectivity index (χ1) is 6.38. The van der Waals surface area contributed by atoms with Gasteiger partial charge in [-0.15, -0.1) is 0 Å². The van der Waals surface area contributed by atoms with Crippen molar-refractivity contribution in [1.29, 1.82) is 0 Å². The molecule has 1 aromatic rings. The Balaban J connectivity index is 3.01. The number of isocyanates is 2. The van der Waals surface area contributed by atoms with Crippen molar-refractivity contribution in [3.8, 4) is 0 Å². The number of carbonyl (C=O) groups excluding carboxylic acids is 2. The fourth-order valence-electron chi connectivity index (χ4n) is 0.966. The van der Waals surface area contributed by atoms with Gasteiger partial charge in [0.05, 0.1) is 5.56 Å². The second-order valence-electron chi connectivity index (χ2n) is 2.34. The molecule has 0 saturated heterocycles. The Morgan fingerprint density at radius 3 is 2.00 bits per heavy atom. The summed E-state index contributed by atoms with van der Waals surface area (Å²) in [5, 5.41) is 0. The molecule has 0 radical (unpaired) electrons. The molecule has 0 spiro atoms. The van der Waals surface area contributed by atoms with E-state index in [0.29, 0.717) is 0 Å². The highest BCUT2D eigenvalue weighted by molar-refractivity contribution is 5.26. The average molecular weight is 176 g/mol. The van der Waals surface area contributed by atoms with Gasteiger partial charge in [-0.05, 0) is 12.1 Å². The van der Waals surface area contributed by atoms with Crippen LogP contribution in [0.15, 0.2) is 30.3 Å². The van der Waals surface area contributed by atoms with Gasteiger partial charge < -0.3 is 0 Å². The molecule has 0 aliphatic rings. The van der Waals surface area contributed by atoms with E-state index in [1.807, 2.05) is 6.07 Å². The lowest BCUT2D eigenvalue weighted by Crippen LogP contribution is -2.91. The zero-order valence-electron chi connectivity index (χ0n) is 6.78. The first kappa shape index (κ1) is 9.07. The fourth-order valence-corrected chi connectivity index (χ4v) is 0.966. The molecular formula is C9H8N2O2+2. The predicted molar refractivity (Wildman–Crippen MR) is 42.5 cm³/mol. The number of benzene rings is 1. The lowest BCUT2D eigenvalue weighted by atomic mass is 10.2. The Morgan fingerprint density at radius 2 is 1.54 bits per heavy atom. The van der Waals surface area contributed by atoms with Crippen LogP contribution in [0.5, 0.6) is 0 Å². The van der Waals surface area contributed by atoms with Crippen LogP contribution in [0.2, 0.25) is 0 Å². The molecule has 1 rings (SSSR count). The fraction of sp³-hybridized carbons (Fsp3) is 0.111. The maximum absolute atomic E-state index is 10.1. The summed E-state index contributed by atoms with van der Waals surface area (Å²) in [7, 11) is 0. The van der Waals surface area contributed by atoms with Crippen molar-refractivity contribution in [2.45, 2.75) is 6.17 Å². The minimum Gasteiger partial charge on any atom is -0.159 e. The molecule has 0 heterocycles. The topological polar surface area (TPSA) is 62.1 Å². The molecule has 2 N–H and O–H groups in total. The first-order valence-electron chi connectivity index (χ1n) is 3.68. The summed E-state index contributed by atoms with van der Waals surface area (Å²) in [5.41, 5.74) is 0.772. The molecule has 1 aromatic carbocycles. The Morgan fingerprint density at radius 1 is 1.00 bits per heavy atom. The molecule has 4 nitrogen and oxygen atoms in total. The quantitative estimate of drug-likeness (QED) is 0.304. The molecule has 0 atom stereocenters. The molecule has 13 heavy (non-hydrogen) atoms. The first-order valence-corrected chi connectivity index (χ1v) is 3.68. The molecule has 0 aliphatic heterocycles. The van der Waals surface area contributed by atoms with Gasteiger partial charge in [-0.25, -0.2) is 0 Å². The Hall–Kier alpha value is -2.02. The molecule has 0 saturated carbocycles. The van der Waals surface area contributed by atoms with Crippen LogP contribution >= 0.6 is 0 Å². The zero-order chi connectivity index (χ0) is 9.52. The minimum absolute atomic E-state index is 0.559. The third-order valence-corrected chi connectivity index (χ3v) is 1.54. The standard InChI is InChI=1S/C9H6N2O2/c12-6-10-9(11-7-13)8-4-2-1-3-5-8/h1-5,9H/p+2. The van der Waals surface area contributed by atoms with E-state index in [2.05, 4.69) is 9.98 Å². The lowest BCUT2D eigenvalue weighted by Gasteiger charge is -1.91. The van der Waals surface area contributed by atoms with Crippen LogP contribution in [-0.2, 0) is 9.59 Å². The van der Waals surface area contributed by atoms with Gasteiger partial charge in [0.25, 0.3) is 0 Å². The van der Waals surface area contributed by atoms with Crippen LogP contribution < -0.4 is 9.98 Å². The van der Waals surface area contributed by atoms with E-state index in [9.17, 15) is 9.59 Å². The monoisotopic (exact) mass is 176 g/mol. The average Bonchev–Trinajstić information content (AvgIpc) is 2.19. The predicted octanol–water partition coefficient (Wildman–Crippen LogP) is -2.48. The summed E-state index contributed by atoms with van der Waals surface area (Å²) < 4.78 is 0. The van der Waals surface area contributed by atoms with Gasteiger partial charge in [-0.2, -0.15) is 9.59 Å². The summed E-state index contributed by atoms with van der Waals surface area (Å²) >= 11 is 0. The third kappa shape index (κ3) is 2.49. The van der Waals surface area contributed by atoms with Gasteiger partial charge in [0.15, 0.2) is 0 Å². The van der Waals surface area contributed by atoms with Crippen molar-refractivity contribution in [3.05, 3.63) is 35.9 Å². The maximum atomic E-state index is 10.1. The highest BCUT2D eigenvalue weighted by Crippen LogP contribution is 1.99. The smallest absolute Gasteiger partial charge is 0.159 e. The molecule has 0 amide bonds. The molecule has 0 unspecified atom stereocenters. The number of nitrogens with one attached hydrogen (secondary N) is 2. The van der Waals surface area contributed by atoms with Gasteiger partial charge in [0.1, 0.15) is 0 Å². The highest BCUT2D eigenvalue weighted by atomic mass is 16.1. The maximum Gasteiger partial charge on any atom is 0.428 e.